The molecule has 3 aromatic rings. The second kappa shape index (κ2) is 7.13. The van der Waals surface area contributed by atoms with Gasteiger partial charge in [0.1, 0.15) is 6.61 Å². The number of aliphatic hydroxyl groups excluding tert-OH is 1. The van der Waals surface area contributed by atoms with Crippen LogP contribution < -0.4 is 15.3 Å². The van der Waals surface area contributed by atoms with Crippen molar-refractivity contribution < 1.29 is 14.6 Å². The third-order valence-electron chi connectivity index (χ3n) is 5.62. The number of fused-ring (bicyclic) bond motifs is 2. The average molecular weight is 410 g/mol. The molecule has 5 rings (SSSR count). The molecule has 10 nitrogen and oxygen atoms in total. The van der Waals surface area contributed by atoms with Gasteiger partial charge in [-0.3, -0.25) is 9.20 Å². The van der Waals surface area contributed by atoms with Gasteiger partial charge >= 0.3 is 5.69 Å². The van der Waals surface area contributed by atoms with Crippen molar-refractivity contribution in [1.82, 2.24) is 24.1 Å². The predicted molar refractivity (Wildman–Crippen MR) is 108 cm³/mol. The Kier molecular flexibility index (Phi) is 4.43. The van der Waals surface area contributed by atoms with E-state index in [2.05, 4.69) is 10.1 Å². The number of aryl methyl sites for hydroxylation is 1. The minimum Gasteiger partial charge on any atom is -0.488 e. The van der Waals surface area contributed by atoms with E-state index in [0.717, 1.165) is 5.69 Å². The Balaban J connectivity index is 1.45. The van der Waals surface area contributed by atoms with Gasteiger partial charge in [-0.15, -0.1) is 0 Å². The van der Waals surface area contributed by atoms with Gasteiger partial charge in [-0.1, -0.05) is 0 Å². The van der Waals surface area contributed by atoms with E-state index in [9.17, 15) is 14.7 Å². The molecule has 10 heteroatoms. The van der Waals surface area contributed by atoms with E-state index in [1.54, 1.807) is 30.4 Å². The summed E-state index contributed by atoms with van der Waals surface area (Å²) < 4.78 is 8.57. The third-order valence-corrected chi connectivity index (χ3v) is 5.62. The number of ether oxygens (including phenoxy) is 1. The number of anilines is 2. The van der Waals surface area contributed by atoms with E-state index in [-0.39, 0.29) is 17.7 Å². The van der Waals surface area contributed by atoms with Crippen LogP contribution in [0.25, 0.3) is 5.65 Å². The van der Waals surface area contributed by atoms with Crippen LogP contribution in [-0.4, -0.2) is 67.4 Å². The molecule has 156 valence electrons. The smallest absolute Gasteiger partial charge is 0.350 e. The average Bonchev–Trinajstić information content (AvgIpc) is 3.06. The fourth-order valence-corrected chi connectivity index (χ4v) is 3.96. The predicted octanol–water partition coefficient (Wildman–Crippen LogP) is 0.555. The van der Waals surface area contributed by atoms with E-state index in [4.69, 9.17) is 4.74 Å². The second-order valence-corrected chi connectivity index (χ2v) is 7.59. The zero-order valence-corrected chi connectivity index (χ0v) is 16.6. The molecule has 2 aliphatic rings. The molecular weight excluding hydrogens is 388 g/mol. The number of carbonyl (C=O) groups excluding carboxylic acids is 1. The van der Waals surface area contributed by atoms with Crippen LogP contribution in [0.5, 0.6) is 5.75 Å². The van der Waals surface area contributed by atoms with Crippen molar-refractivity contribution in [2.75, 3.05) is 31.1 Å². The van der Waals surface area contributed by atoms with Gasteiger partial charge in [-0.2, -0.15) is 5.10 Å². The first kappa shape index (κ1) is 18.6. The number of likely N-dealkylation sites (tertiary alicyclic amines) is 1. The monoisotopic (exact) mass is 410 g/mol. The molecule has 0 bridgehead atoms. The van der Waals surface area contributed by atoms with E-state index in [0.29, 0.717) is 61.9 Å². The number of carbonyl (C=O) groups is 1. The summed E-state index contributed by atoms with van der Waals surface area (Å²) in [5.41, 5.74) is 1.66. The molecule has 5 heterocycles. The van der Waals surface area contributed by atoms with E-state index in [1.807, 2.05) is 17.0 Å². The van der Waals surface area contributed by atoms with Crippen molar-refractivity contribution >= 4 is 23.1 Å². The zero-order chi connectivity index (χ0) is 20.8. The molecule has 0 atom stereocenters. The first-order valence-corrected chi connectivity index (χ1v) is 9.94. The molecule has 1 fully saturated rings. The molecular formula is C20H22N6O4. The number of aromatic nitrogens is 4. The van der Waals surface area contributed by atoms with E-state index < -0.39 is 0 Å². The Morgan fingerprint density at radius 3 is 2.83 bits per heavy atom. The molecule has 0 radical (unpaired) electrons. The van der Waals surface area contributed by atoms with Gasteiger partial charge < -0.3 is 19.6 Å². The third kappa shape index (κ3) is 3.09. The summed E-state index contributed by atoms with van der Waals surface area (Å²) in [5, 5.41) is 13.9. The zero-order valence-electron chi connectivity index (χ0n) is 16.6. The van der Waals surface area contributed by atoms with Gasteiger partial charge in [0.15, 0.2) is 17.2 Å². The highest BCUT2D eigenvalue weighted by Gasteiger charge is 2.26. The van der Waals surface area contributed by atoms with E-state index >= 15 is 0 Å². The van der Waals surface area contributed by atoms with Crippen LogP contribution in [-0.2, 0) is 7.05 Å². The summed E-state index contributed by atoms with van der Waals surface area (Å²) in [6, 6.07) is 5.40. The topological polar surface area (TPSA) is 105 Å². The highest BCUT2D eigenvalue weighted by atomic mass is 16.5. The summed E-state index contributed by atoms with van der Waals surface area (Å²) in [6.07, 6.45) is 4.11. The normalized spacial score (nSPS) is 17.1. The molecule has 0 aromatic carbocycles. The molecule has 2 aliphatic heterocycles. The molecule has 3 aromatic heterocycles. The summed E-state index contributed by atoms with van der Waals surface area (Å²) in [7, 11) is 1.61. The first-order valence-electron chi connectivity index (χ1n) is 9.94. The quantitative estimate of drug-likeness (QED) is 0.658. The Bertz CT molecular complexity index is 1180. The Hall–Kier alpha value is -3.40. The number of pyridine rings is 2. The van der Waals surface area contributed by atoms with Gasteiger partial charge in [0.25, 0.3) is 5.91 Å². The van der Waals surface area contributed by atoms with Crippen LogP contribution >= 0.6 is 0 Å². The fourth-order valence-electron chi connectivity index (χ4n) is 3.96. The second-order valence-electron chi connectivity index (χ2n) is 7.59. The van der Waals surface area contributed by atoms with Crippen molar-refractivity contribution in [2.24, 2.45) is 7.05 Å². The lowest BCUT2D eigenvalue weighted by Gasteiger charge is -2.31. The van der Waals surface area contributed by atoms with Crippen molar-refractivity contribution in [3.63, 3.8) is 0 Å². The molecule has 0 saturated carbocycles. The number of hydrogen-bond donors (Lipinski definition) is 1. The first-order chi connectivity index (χ1) is 14.5. The Labute approximate surface area is 171 Å². The SMILES string of the molecule is Cn1nc2cc(N3CCOc4cc(C(=O)N5CCC(O)CC5)cnc43)ccn2c1=O. The molecule has 1 amide bonds. The van der Waals surface area contributed by atoms with Crippen molar-refractivity contribution in [3.05, 3.63) is 46.6 Å². The number of hydrogen-bond acceptors (Lipinski definition) is 7. The van der Waals surface area contributed by atoms with Crippen LogP contribution in [0, 0.1) is 0 Å². The van der Waals surface area contributed by atoms with Gasteiger partial charge in [-0.05, 0) is 25.0 Å². The van der Waals surface area contributed by atoms with Crippen molar-refractivity contribution in [3.8, 4) is 5.75 Å². The molecule has 1 saturated heterocycles. The number of aliphatic hydroxyl groups is 1. The minimum absolute atomic E-state index is 0.104. The molecule has 0 spiro atoms. The van der Waals surface area contributed by atoms with Gasteiger partial charge in [-0.25, -0.2) is 14.5 Å². The molecule has 0 aliphatic carbocycles. The number of piperidine rings is 1. The van der Waals surface area contributed by atoms with Gasteiger partial charge in [0.05, 0.1) is 18.2 Å². The summed E-state index contributed by atoms with van der Waals surface area (Å²) in [4.78, 5) is 33.1. The Morgan fingerprint density at radius 1 is 1.23 bits per heavy atom. The fraction of sp³-hybridized carbons (Fsp3) is 0.400. The minimum atomic E-state index is -0.333. The van der Waals surface area contributed by atoms with Crippen LogP contribution in [0.4, 0.5) is 11.5 Å². The van der Waals surface area contributed by atoms with Gasteiger partial charge in [0.2, 0.25) is 0 Å². The molecule has 1 N–H and O–H groups in total. The maximum absolute atomic E-state index is 12.8. The Morgan fingerprint density at radius 2 is 2.03 bits per heavy atom. The maximum Gasteiger partial charge on any atom is 0.350 e. The highest BCUT2D eigenvalue weighted by molar-refractivity contribution is 5.95. The van der Waals surface area contributed by atoms with Gasteiger partial charge in [0, 0.05) is 44.3 Å². The molecule has 0 unspecified atom stereocenters. The lowest BCUT2D eigenvalue weighted by molar-refractivity contribution is 0.0545. The number of rotatable bonds is 2. The summed E-state index contributed by atoms with van der Waals surface area (Å²) in [6.45, 7) is 2.11. The van der Waals surface area contributed by atoms with Crippen LogP contribution in [0.1, 0.15) is 23.2 Å². The van der Waals surface area contributed by atoms with E-state index in [1.165, 1.54) is 9.08 Å². The largest absolute Gasteiger partial charge is 0.488 e. The standard InChI is InChI=1S/C20H22N6O4/c1-23-20(29)26-7-2-14(11-17(26)22-23)25-8-9-30-16-10-13(12-21-18(16)25)19(28)24-5-3-15(27)4-6-24/h2,7,10-12,15,27H,3-6,8-9H2,1H3. The van der Waals surface area contributed by atoms with Crippen LogP contribution in [0.3, 0.4) is 0 Å². The highest BCUT2D eigenvalue weighted by Crippen LogP contribution is 2.35. The summed E-state index contributed by atoms with van der Waals surface area (Å²) in [5.74, 6) is 1.06. The molecule has 30 heavy (non-hydrogen) atoms. The summed E-state index contributed by atoms with van der Waals surface area (Å²) >= 11 is 0. The van der Waals surface area contributed by atoms with Crippen LogP contribution in [0.15, 0.2) is 35.4 Å². The van der Waals surface area contributed by atoms with Crippen LogP contribution in [0.2, 0.25) is 0 Å². The van der Waals surface area contributed by atoms with Crippen molar-refractivity contribution in [1.29, 1.82) is 0 Å². The number of amides is 1. The maximum atomic E-state index is 12.8. The van der Waals surface area contributed by atoms with Crippen molar-refractivity contribution in [2.45, 2.75) is 18.9 Å². The number of nitrogens with zero attached hydrogens (tertiary/aromatic N) is 6. The lowest BCUT2D eigenvalue weighted by Crippen LogP contribution is -2.40. The lowest BCUT2D eigenvalue weighted by atomic mass is 10.1.